The number of ketones is 1. The molecule has 4 aromatic rings. The molecule has 1 radical (unpaired) electrons. The Morgan fingerprint density at radius 1 is 0.829 bits per heavy atom. The van der Waals surface area contributed by atoms with Gasteiger partial charge in [0.05, 0.1) is 0 Å². The molecule has 0 amide bonds. The molecule has 0 bridgehead atoms. The van der Waals surface area contributed by atoms with Gasteiger partial charge in [0, 0.05) is 53.0 Å². The summed E-state index contributed by atoms with van der Waals surface area (Å²) in [5, 5.41) is 9.56. The predicted octanol–water partition coefficient (Wildman–Crippen LogP) is 7.08. The molecule has 2 aliphatic heterocycles. The van der Waals surface area contributed by atoms with Crippen LogP contribution in [0.15, 0.2) is 110 Å². The van der Waals surface area contributed by atoms with Crippen molar-refractivity contribution in [2.24, 2.45) is 10.8 Å². The summed E-state index contributed by atoms with van der Waals surface area (Å²) in [6.07, 6.45) is 3.19. The van der Waals surface area contributed by atoms with Crippen LogP contribution in [0.4, 0.5) is 0 Å². The van der Waals surface area contributed by atoms with Crippen LogP contribution in [0.25, 0.3) is 11.3 Å². The van der Waals surface area contributed by atoms with E-state index >= 15 is 0 Å². The van der Waals surface area contributed by atoms with E-state index in [4.69, 9.17) is 0 Å². The third-order valence-electron chi connectivity index (χ3n) is 6.96. The van der Waals surface area contributed by atoms with Crippen LogP contribution in [-0.4, -0.2) is 22.6 Å². The van der Waals surface area contributed by atoms with E-state index in [9.17, 15) is 9.90 Å². The van der Waals surface area contributed by atoms with E-state index in [1.54, 1.807) is 0 Å². The molecule has 0 unspecified atom stereocenters. The zero-order valence-electron chi connectivity index (χ0n) is 24.1. The molecule has 0 saturated heterocycles. The van der Waals surface area contributed by atoms with Gasteiger partial charge in [-0.05, 0) is 40.3 Å². The van der Waals surface area contributed by atoms with Gasteiger partial charge in [-0.1, -0.05) is 100 Å². The Morgan fingerprint density at radius 2 is 1.49 bits per heavy atom. The van der Waals surface area contributed by atoms with Gasteiger partial charge in [-0.2, -0.15) is 0 Å². The van der Waals surface area contributed by atoms with Gasteiger partial charge in [0.25, 0.3) is 0 Å². The summed E-state index contributed by atoms with van der Waals surface area (Å²) < 4.78 is 0. The predicted molar refractivity (Wildman–Crippen MR) is 169 cm³/mol. The van der Waals surface area contributed by atoms with Crippen LogP contribution < -0.4 is 16.4 Å². The molecule has 0 aliphatic carbocycles. The summed E-state index contributed by atoms with van der Waals surface area (Å²) in [5.74, 6) is 0.104. The molecule has 0 spiro atoms. The molecule has 3 aromatic carbocycles. The first kappa shape index (κ1) is 31.4. The fraction of sp³-hybridized carbons (Fsp3) is 0.235. The van der Waals surface area contributed by atoms with E-state index in [-0.39, 0.29) is 43.8 Å². The van der Waals surface area contributed by atoms with Gasteiger partial charge < -0.3 is 10.1 Å². The smallest absolute Gasteiger partial charge is 0.228 e. The largest absolute Gasteiger partial charge is 0.512 e. The standard InChI is InChI=1S/C23H13BNS2.C11H20O2.Ir/c1-2-11-19-16(8-1)24-17-9-5-7-15(18-10-3-4-14-25-18)23(17)27-21-13-6-12-20(26-19)22(21)24;1-10(2,3)8(12)7-9(13)11(4,5)6;/h1-6,8-14H;7,12H,1-6H3;/q-1;;/b;8-7-;. The van der Waals surface area contributed by atoms with Gasteiger partial charge in [-0.25, -0.2) is 0 Å². The van der Waals surface area contributed by atoms with Crippen LogP contribution in [0.1, 0.15) is 41.5 Å². The monoisotopic (exact) mass is 755 g/mol. The van der Waals surface area contributed by atoms with Crippen molar-refractivity contribution >= 4 is 52.4 Å². The average Bonchev–Trinajstić information content (AvgIpc) is 2.92. The molecular weight excluding hydrogens is 722 g/mol. The number of carbonyl (C=O) groups is 1. The minimum absolute atomic E-state index is 0. The van der Waals surface area contributed by atoms with Gasteiger partial charge in [0.2, 0.25) is 6.71 Å². The second-order valence-electron chi connectivity index (χ2n) is 12.1. The maximum atomic E-state index is 11.5. The number of nitrogens with zero attached hydrogens (tertiary/aromatic N) is 1. The summed E-state index contributed by atoms with van der Waals surface area (Å²) in [6, 6.07) is 29.3. The fourth-order valence-electron chi connectivity index (χ4n) is 4.60. The van der Waals surface area contributed by atoms with Crippen molar-refractivity contribution < 1.29 is 30.0 Å². The first-order chi connectivity index (χ1) is 18.9. The Hall–Kier alpha value is -2.57. The zero-order valence-corrected chi connectivity index (χ0v) is 28.1. The second kappa shape index (κ2) is 12.3. The maximum absolute atomic E-state index is 11.5. The number of rotatable bonds is 2. The average molecular weight is 755 g/mol. The molecule has 211 valence electrons. The van der Waals surface area contributed by atoms with Crippen molar-refractivity contribution in [1.29, 1.82) is 0 Å². The van der Waals surface area contributed by atoms with E-state index in [0.29, 0.717) is 0 Å². The molecule has 2 aliphatic rings. The number of hydrogen-bond donors (Lipinski definition) is 1. The maximum Gasteiger partial charge on any atom is 0.228 e. The van der Waals surface area contributed by atoms with Crippen LogP contribution in [0.3, 0.4) is 0 Å². The van der Waals surface area contributed by atoms with E-state index in [1.807, 2.05) is 83.4 Å². The molecule has 0 fully saturated rings. The van der Waals surface area contributed by atoms with Crippen LogP contribution in [0.5, 0.6) is 0 Å². The SMILES string of the molecule is CC(C)(C)C(=O)/C=C(\O)C(C)(C)C.[Ir].[c-]1ccc2c(c1-c1ccccn1)Sc1cccc3c1B2c1ccccc1S3. The topological polar surface area (TPSA) is 50.2 Å². The number of aliphatic hydroxyl groups is 1. The molecule has 0 saturated carbocycles. The number of pyridine rings is 1. The van der Waals surface area contributed by atoms with Crippen molar-refractivity contribution in [1.82, 2.24) is 4.98 Å². The molecule has 6 rings (SSSR count). The summed E-state index contributed by atoms with van der Waals surface area (Å²) in [7, 11) is 0. The van der Waals surface area contributed by atoms with Gasteiger partial charge in [0.1, 0.15) is 5.76 Å². The number of aromatic nitrogens is 1. The van der Waals surface area contributed by atoms with E-state index in [1.165, 1.54) is 42.0 Å². The third kappa shape index (κ3) is 6.59. The van der Waals surface area contributed by atoms with Gasteiger partial charge in [-0.15, -0.1) is 41.0 Å². The van der Waals surface area contributed by atoms with E-state index < -0.39 is 5.41 Å². The Kier molecular flexibility index (Phi) is 9.45. The molecule has 7 heteroatoms. The normalized spacial score (nSPS) is 13.5. The number of hydrogen-bond acceptors (Lipinski definition) is 5. The molecule has 3 nitrogen and oxygen atoms in total. The number of benzene rings is 3. The summed E-state index contributed by atoms with van der Waals surface area (Å²) in [4.78, 5) is 21.4. The van der Waals surface area contributed by atoms with Crippen molar-refractivity contribution in [2.45, 2.75) is 61.1 Å². The molecule has 41 heavy (non-hydrogen) atoms. The van der Waals surface area contributed by atoms with E-state index in [0.717, 1.165) is 11.3 Å². The Morgan fingerprint density at radius 3 is 2.15 bits per heavy atom. The van der Waals surface area contributed by atoms with Crippen LogP contribution in [0, 0.1) is 16.9 Å². The first-order valence-electron chi connectivity index (χ1n) is 13.4. The zero-order chi connectivity index (χ0) is 28.7. The van der Waals surface area contributed by atoms with Crippen molar-refractivity contribution in [3.05, 3.63) is 96.9 Å². The number of carbonyl (C=O) groups excluding carboxylic acids is 1. The summed E-state index contributed by atoms with van der Waals surface area (Å²) in [6.45, 7) is 11.4. The van der Waals surface area contributed by atoms with Crippen molar-refractivity contribution in [3.63, 3.8) is 0 Å². The van der Waals surface area contributed by atoms with Crippen molar-refractivity contribution in [3.8, 4) is 11.3 Å². The molecule has 1 aromatic heterocycles. The summed E-state index contributed by atoms with van der Waals surface area (Å²) in [5.41, 5.74) is 5.55. The number of allylic oxidation sites excluding steroid dienone is 2. The molecule has 1 N–H and O–H groups in total. The molecule has 0 atom stereocenters. The van der Waals surface area contributed by atoms with Gasteiger partial charge in [-0.3, -0.25) is 4.79 Å². The Bertz CT molecular complexity index is 1610. The molecule has 3 heterocycles. The Labute approximate surface area is 266 Å². The van der Waals surface area contributed by atoms with Gasteiger partial charge >= 0.3 is 0 Å². The van der Waals surface area contributed by atoms with E-state index in [2.05, 4.69) is 71.7 Å². The second-order valence-corrected chi connectivity index (χ2v) is 14.2. The van der Waals surface area contributed by atoms with Gasteiger partial charge in [0.15, 0.2) is 5.78 Å². The fourth-order valence-corrected chi connectivity index (χ4v) is 7.11. The third-order valence-corrected chi connectivity index (χ3v) is 9.35. The number of aliphatic hydroxyl groups excluding tert-OH is 1. The van der Waals surface area contributed by atoms with Crippen LogP contribution >= 0.6 is 23.5 Å². The minimum atomic E-state index is -0.417. The number of fused-ring (bicyclic) bond motifs is 4. The van der Waals surface area contributed by atoms with Crippen LogP contribution in [0.2, 0.25) is 0 Å². The quantitative estimate of drug-likeness (QED) is 0.0887. The Balaban J connectivity index is 0.000000239. The van der Waals surface area contributed by atoms with Crippen molar-refractivity contribution in [2.75, 3.05) is 0 Å². The first-order valence-corrected chi connectivity index (χ1v) is 15.1. The minimum Gasteiger partial charge on any atom is -0.512 e. The molecular formula is C34H33BIrNO2S2-. The van der Waals surface area contributed by atoms with Crippen LogP contribution in [-0.2, 0) is 24.9 Å². The summed E-state index contributed by atoms with van der Waals surface area (Å²) >= 11 is 3.75.